The van der Waals surface area contributed by atoms with Crippen LogP contribution in [0.25, 0.3) is 4.98 Å². The molecule has 38 valence electrons. The van der Waals surface area contributed by atoms with Gasteiger partial charge in [0.15, 0.2) is 0 Å². The van der Waals surface area contributed by atoms with E-state index in [4.69, 9.17) is 5.39 Å². The predicted molar refractivity (Wildman–Crippen MR) is 27.3 cm³/mol. The Morgan fingerprint density at radius 2 is 1.86 bits per heavy atom. The van der Waals surface area contributed by atoms with Gasteiger partial charge in [-0.15, -0.1) is 0 Å². The van der Waals surface area contributed by atoms with E-state index < -0.39 is 0 Å². The van der Waals surface area contributed by atoms with Crippen LogP contribution in [-0.2, 0) is 0 Å². The van der Waals surface area contributed by atoms with E-state index in [0.717, 1.165) is 12.8 Å². The minimum Gasteiger partial charge on any atom is -0.0453 e. The summed E-state index contributed by atoms with van der Waals surface area (Å²) in [6, 6.07) is 0.278. The van der Waals surface area contributed by atoms with E-state index in [2.05, 4.69) is 4.98 Å². The van der Waals surface area contributed by atoms with E-state index in [-0.39, 0.29) is 6.04 Å². The zero-order chi connectivity index (χ0) is 5.11. The molecule has 0 radical (unpaired) electrons. The van der Waals surface area contributed by atoms with Gasteiger partial charge in [0.1, 0.15) is 4.98 Å². The number of hydrogen-bond donors (Lipinski definition) is 0. The highest BCUT2D eigenvalue weighted by atomic mass is 14.9. The van der Waals surface area contributed by atoms with Crippen LogP contribution in [0.4, 0.5) is 0 Å². The minimum atomic E-state index is 0.278. The molecule has 0 bridgehead atoms. The molecule has 1 rings (SSSR count). The van der Waals surface area contributed by atoms with E-state index in [9.17, 15) is 0 Å². The Morgan fingerprint density at radius 1 is 1.29 bits per heavy atom. The second-order valence-electron chi connectivity index (χ2n) is 2.05. The molecule has 0 spiro atoms. The van der Waals surface area contributed by atoms with Crippen molar-refractivity contribution in [2.45, 2.75) is 31.7 Å². The lowest BCUT2D eigenvalue weighted by Crippen LogP contribution is -1.88. The Kier molecular flexibility index (Phi) is 1.26. The fourth-order valence-corrected chi connectivity index (χ4v) is 1.02. The Bertz CT molecular complexity index is 86.7. The first-order valence-electron chi connectivity index (χ1n) is 2.77. The van der Waals surface area contributed by atoms with Crippen molar-refractivity contribution in [3.05, 3.63) is 4.98 Å². The van der Waals surface area contributed by atoms with Crippen molar-refractivity contribution in [2.24, 2.45) is 0 Å². The van der Waals surface area contributed by atoms with Crippen LogP contribution in [0.1, 0.15) is 25.7 Å². The van der Waals surface area contributed by atoms with Crippen LogP contribution in [-0.4, -0.2) is 6.04 Å². The summed E-state index contributed by atoms with van der Waals surface area (Å²) in [5.41, 5.74) is 0. The third-order valence-electron chi connectivity index (χ3n) is 1.49. The lowest BCUT2D eigenvalue weighted by Gasteiger charge is -1.73. The smallest absolute Gasteiger partial charge is 0.0453 e. The molecule has 2 heteroatoms. The van der Waals surface area contributed by atoms with Gasteiger partial charge in [-0.3, -0.25) is 0 Å². The van der Waals surface area contributed by atoms with Crippen molar-refractivity contribution in [1.82, 2.24) is 0 Å². The van der Waals surface area contributed by atoms with Crippen molar-refractivity contribution in [2.75, 3.05) is 0 Å². The first-order valence-corrected chi connectivity index (χ1v) is 2.77. The highest BCUT2D eigenvalue weighted by Gasteiger charge is 2.24. The molecule has 0 N–H and O–H groups in total. The van der Waals surface area contributed by atoms with Crippen LogP contribution in [0.5, 0.6) is 0 Å². The Hall–Kier alpha value is -0.580. The lowest BCUT2D eigenvalue weighted by atomic mass is 10.3. The van der Waals surface area contributed by atoms with Crippen molar-refractivity contribution in [1.29, 1.82) is 5.39 Å². The van der Waals surface area contributed by atoms with Crippen LogP contribution in [0.3, 0.4) is 0 Å². The van der Waals surface area contributed by atoms with Gasteiger partial charge in [-0.2, -0.15) is 0 Å². The highest BCUT2D eigenvalue weighted by molar-refractivity contribution is 4.80. The Balaban J connectivity index is 2.31. The van der Waals surface area contributed by atoms with E-state index in [1.165, 1.54) is 12.8 Å². The summed E-state index contributed by atoms with van der Waals surface area (Å²) in [4.78, 5) is 3.19. The maximum absolute atomic E-state index is 8.19. The largest absolute Gasteiger partial charge is 0.314 e. The molecule has 0 aromatic heterocycles. The minimum absolute atomic E-state index is 0.278. The molecule has 0 heterocycles. The molecule has 0 aliphatic heterocycles. The molecule has 0 aromatic carbocycles. The normalized spacial score (nSPS) is 22.1. The fraction of sp³-hybridized carbons (Fsp3) is 1.00. The first-order chi connectivity index (χ1) is 3.43. The predicted octanol–water partition coefficient (Wildman–Crippen LogP) is 1.78. The summed E-state index contributed by atoms with van der Waals surface area (Å²) >= 11 is 0. The van der Waals surface area contributed by atoms with E-state index in [1.807, 2.05) is 0 Å². The average Bonchev–Trinajstić information content (AvgIpc) is 2.14. The Labute approximate surface area is 43.2 Å². The van der Waals surface area contributed by atoms with Gasteiger partial charge < -0.3 is 0 Å². The van der Waals surface area contributed by atoms with Gasteiger partial charge in [0.2, 0.25) is 5.39 Å². The SMILES string of the molecule is N#[N+]C1CCCC1. The standard InChI is InChI=1S/C5H9N2/c6-7-5-3-1-2-4-5/h5H,1-4H2/q+1. The summed E-state index contributed by atoms with van der Waals surface area (Å²) in [7, 11) is 0. The number of rotatable bonds is 0. The van der Waals surface area contributed by atoms with Gasteiger partial charge >= 0.3 is 6.04 Å². The van der Waals surface area contributed by atoms with E-state index in [1.54, 1.807) is 0 Å². The molecule has 0 saturated heterocycles. The van der Waals surface area contributed by atoms with Gasteiger partial charge in [-0.25, -0.2) is 0 Å². The van der Waals surface area contributed by atoms with Crippen LogP contribution < -0.4 is 0 Å². The van der Waals surface area contributed by atoms with Crippen LogP contribution in [0.15, 0.2) is 0 Å². The molecule has 0 aromatic rings. The maximum Gasteiger partial charge on any atom is 0.314 e. The summed E-state index contributed by atoms with van der Waals surface area (Å²) in [6.07, 6.45) is 4.68. The third kappa shape index (κ3) is 0.894. The molecule has 1 aliphatic carbocycles. The fourth-order valence-electron chi connectivity index (χ4n) is 1.02. The number of hydrogen-bond acceptors (Lipinski definition) is 1. The molecular weight excluding hydrogens is 88.1 g/mol. The summed E-state index contributed by atoms with van der Waals surface area (Å²) < 4.78 is 0. The van der Waals surface area contributed by atoms with Crippen LogP contribution >= 0.6 is 0 Å². The lowest BCUT2D eigenvalue weighted by molar-refractivity contribution is 0.791. The van der Waals surface area contributed by atoms with Gasteiger partial charge in [0.25, 0.3) is 0 Å². The molecule has 2 nitrogen and oxygen atoms in total. The van der Waals surface area contributed by atoms with Crippen LogP contribution in [0.2, 0.25) is 0 Å². The first kappa shape index (κ1) is 4.58. The monoisotopic (exact) mass is 97.1 g/mol. The second kappa shape index (κ2) is 1.92. The Morgan fingerprint density at radius 3 is 2.14 bits per heavy atom. The van der Waals surface area contributed by atoms with Crippen molar-refractivity contribution >= 4 is 0 Å². The molecule has 0 amide bonds. The molecule has 1 aliphatic rings. The topological polar surface area (TPSA) is 28.1 Å². The number of nitrogens with zero attached hydrogens (tertiary/aromatic N) is 2. The summed E-state index contributed by atoms with van der Waals surface area (Å²) in [6.45, 7) is 0. The summed E-state index contributed by atoms with van der Waals surface area (Å²) in [5.74, 6) is 0. The number of diazo groups is 1. The average molecular weight is 97.1 g/mol. The second-order valence-corrected chi connectivity index (χ2v) is 2.05. The van der Waals surface area contributed by atoms with Crippen molar-refractivity contribution < 1.29 is 0 Å². The highest BCUT2D eigenvalue weighted by Crippen LogP contribution is 2.20. The van der Waals surface area contributed by atoms with Gasteiger partial charge in [-0.1, -0.05) is 0 Å². The van der Waals surface area contributed by atoms with Crippen molar-refractivity contribution in [3.8, 4) is 0 Å². The molecule has 1 saturated carbocycles. The van der Waals surface area contributed by atoms with Crippen LogP contribution in [0, 0.1) is 5.39 Å². The molecule has 0 unspecified atom stereocenters. The van der Waals surface area contributed by atoms with Gasteiger partial charge in [0, 0.05) is 12.8 Å². The maximum atomic E-state index is 8.19. The molecule has 7 heavy (non-hydrogen) atoms. The molecular formula is C5H9N2+. The molecule has 0 atom stereocenters. The van der Waals surface area contributed by atoms with E-state index in [0.29, 0.717) is 0 Å². The zero-order valence-corrected chi connectivity index (χ0v) is 4.30. The third-order valence-corrected chi connectivity index (χ3v) is 1.49. The van der Waals surface area contributed by atoms with E-state index >= 15 is 0 Å². The summed E-state index contributed by atoms with van der Waals surface area (Å²) in [5, 5.41) is 8.19. The zero-order valence-electron chi connectivity index (χ0n) is 4.30. The quantitative estimate of drug-likeness (QED) is 0.423. The van der Waals surface area contributed by atoms with Gasteiger partial charge in [0.05, 0.1) is 0 Å². The van der Waals surface area contributed by atoms with Gasteiger partial charge in [-0.05, 0) is 12.8 Å². The van der Waals surface area contributed by atoms with Crippen molar-refractivity contribution in [3.63, 3.8) is 0 Å². The molecule has 1 fully saturated rings.